The van der Waals surface area contributed by atoms with Gasteiger partial charge in [-0.25, -0.2) is 15.0 Å². The zero-order valence-electron chi connectivity index (χ0n) is 17.2. The first-order valence-corrected chi connectivity index (χ1v) is 10.3. The molecule has 11 nitrogen and oxygen atoms in total. The lowest BCUT2D eigenvalue weighted by Crippen LogP contribution is -2.33. The van der Waals surface area contributed by atoms with Crippen molar-refractivity contribution in [3.8, 4) is 5.75 Å². The molecule has 0 radical (unpaired) electrons. The van der Waals surface area contributed by atoms with Gasteiger partial charge in [-0.3, -0.25) is 4.57 Å². The van der Waals surface area contributed by atoms with Crippen molar-refractivity contribution >= 4 is 28.6 Å². The van der Waals surface area contributed by atoms with E-state index in [0.717, 1.165) is 5.56 Å². The standard InChI is InChI=1S/C20H24ClN5O6/c1-31-13-3-2-12(21)6-11(13)7-25(4-5-27)18-15-19(23-9-22-18)26(10-24-15)20-17(30)16(29)14(8-28)32-20/h2-3,6,9-10,14,16-17,20,27-30H,4-5,7-8H2,1H3/t14-,16-,17-,20-/m1/s1. The summed E-state index contributed by atoms with van der Waals surface area (Å²) in [6.07, 6.45) is -1.64. The second kappa shape index (κ2) is 9.53. The minimum absolute atomic E-state index is 0.135. The van der Waals surface area contributed by atoms with E-state index >= 15 is 0 Å². The van der Waals surface area contributed by atoms with Crippen molar-refractivity contribution in [3.63, 3.8) is 0 Å². The van der Waals surface area contributed by atoms with Gasteiger partial charge in [0.15, 0.2) is 23.2 Å². The number of halogens is 1. The van der Waals surface area contributed by atoms with Gasteiger partial charge < -0.3 is 34.8 Å². The number of benzene rings is 1. The van der Waals surface area contributed by atoms with Crippen LogP contribution < -0.4 is 9.64 Å². The van der Waals surface area contributed by atoms with Crippen LogP contribution >= 0.6 is 11.6 Å². The van der Waals surface area contributed by atoms with E-state index in [4.69, 9.17) is 21.1 Å². The molecule has 4 rings (SSSR count). The fraction of sp³-hybridized carbons (Fsp3) is 0.450. The van der Waals surface area contributed by atoms with Crippen LogP contribution in [0.3, 0.4) is 0 Å². The topological polar surface area (TPSA) is 146 Å². The van der Waals surface area contributed by atoms with Crippen LogP contribution in [0.2, 0.25) is 5.02 Å². The van der Waals surface area contributed by atoms with Gasteiger partial charge in [-0.2, -0.15) is 0 Å². The number of methoxy groups -OCH3 is 1. The van der Waals surface area contributed by atoms with Gasteiger partial charge in [0.1, 0.15) is 30.4 Å². The Hall–Kier alpha value is -2.54. The van der Waals surface area contributed by atoms with Gasteiger partial charge >= 0.3 is 0 Å². The number of fused-ring (bicyclic) bond motifs is 1. The smallest absolute Gasteiger partial charge is 0.167 e. The van der Waals surface area contributed by atoms with E-state index in [1.807, 2.05) is 4.90 Å². The van der Waals surface area contributed by atoms with Crippen molar-refractivity contribution in [2.24, 2.45) is 0 Å². The molecule has 4 atom stereocenters. The van der Waals surface area contributed by atoms with Crippen molar-refractivity contribution in [2.75, 3.05) is 31.8 Å². The molecule has 0 bridgehead atoms. The van der Waals surface area contributed by atoms with E-state index in [-0.39, 0.29) is 13.2 Å². The van der Waals surface area contributed by atoms with Crippen LogP contribution in [0.5, 0.6) is 5.75 Å². The van der Waals surface area contributed by atoms with Gasteiger partial charge in [-0.15, -0.1) is 0 Å². The lowest BCUT2D eigenvalue weighted by atomic mass is 10.1. The molecule has 172 valence electrons. The number of aliphatic hydroxyl groups excluding tert-OH is 4. The first-order valence-electron chi connectivity index (χ1n) is 9.96. The van der Waals surface area contributed by atoms with Gasteiger partial charge in [-0.05, 0) is 18.2 Å². The molecule has 1 aliphatic heterocycles. The highest BCUT2D eigenvalue weighted by atomic mass is 35.5. The average Bonchev–Trinajstić information content (AvgIpc) is 3.34. The van der Waals surface area contributed by atoms with E-state index < -0.39 is 31.1 Å². The summed E-state index contributed by atoms with van der Waals surface area (Å²) < 4.78 is 12.5. The third-order valence-corrected chi connectivity index (χ3v) is 5.64. The number of aliphatic hydroxyl groups is 4. The molecular weight excluding hydrogens is 442 g/mol. The molecule has 32 heavy (non-hydrogen) atoms. The molecular formula is C20H24ClN5O6. The molecule has 0 unspecified atom stereocenters. The maximum absolute atomic E-state index is 10.4. The highest BCUT2D eigenvalue weighted by Crippen LogP contribution is 2.33. The van der Waals surface area contributed by atoms with Crippen molar-refractivity contribution in [3.05, 3.63) is 41.4 Å². The zero-order valence-corrected chi connectivity index (χ0v) is 18.0. The summed E-state index contributed by atoms with van der Waals surface area (Å²) in [6, 6.07) is 5.27. The van der Waals surface area contributed by atoms with Gasteiger partial charge in [0.2, 0.25) is 0 Å². The monoisotopic (exact) mass is 465 g/mol. The molecule has 4 N–H and O–H groups in total. The minimum atomic E-state index is -1.27. The fourth-order valence-electron chi connectivity index (χ4n) is 3.82. The molecule has 3 aromatic rings. The summed E-state index contributed by atoms with van der Waals surface area (Å²) in [5, 5.41) is 40.0. The van der Waals surface area contributed by atoms with Crippen LogP contribution in [0, 0.1) is 0 Å². The van der Waals surface area contributed by atoms with E-state index in [0.29, 0.717) is 34.3 Å². The molecule has 1 saturated heterocycles. The van der Waals surface area contributed by atoms with E-state index in [2.05, 4.69) is 15.0 Å². The number of aromatic nitrogens is 4. The number of nitrogens with zero attached hydrogens (tertiary/aromatic N) is 5. The highest BCUT2D eigenvalue weighted by molar-refractivity contribution is 6.30. The summed E-state index contributed by atoms with van der Waals surface area (Å²) in [5.41, 5.74) is 1.58. The van der Waals surface area contributed by atoms with E-state index in [9.17, 15) is 20.4 Å². The Morgan fingerprint density at radius 1 is 1.19 bits per heavy atom. The van der Waals surface area contributed by atoms with E-state index in [1.54, 1.807) is 25.3 Å². The molecule has 0 saturated carbocycles. The van der Waals surface area contributed by atoms with Crippen molar-refractivity contribution in [1.82, 2.24) is 19.5 Å². The maximum Gasteiger partial charge on any atom is 0.167 e. The van der Waals surface area contributed by atoms with Gasteiger partial charge in [-0.1, -0.05) is 11.6 Å². The number of anilines is 1. The maximum atomic E-state index is 10.4. The number of hydrogen-bond acceptors (Lipinski definition) is 10. The van der Waals surface area contributed by atoms with E-state index in [1.165, 1.54) is 17.2 Å². The first kappa shape index (κ1) is 22.6. The van der Waals surface area contributed by atoms with Gasteiger partial charge in [0.25, 0.3) is 0 Å². The Bertz CT molecular complexity index is 1080. The van der Waals surface area contributed by atoms with Crippen LogP contribution in [-0.4, -0.2) is 85.1 Å². The third-order valence-electron chi connectivity index (χ3n) is 5.40. The van der Waals surface area contributed by atoms with Crippen LogP contribution in [0.25, 0.3) is 11.2 Å². The summed E-state index contributed by atoms with van der Waals surface area (Å²) in [4.78, 5) is 14.9. The second-order valence-electron chi connectivity index (χ2n) is 7.35. The van der Waals surface area contributed by atoms with Gasteiger partial charge in [0, 0.05) is 23.7 Å². The summed E-state index contributed by atoms with van der Waals surface area (Å²) in [7, 11) is 1.56. The van der Waals surface area contributed by atoms with Crippen LogP contribution in [0.4, 0.5) is 5.82 Å². The second-order valence-corrected chi connectivity index (χ2v) is 7.79. The van der Waals surface area contributed by atoms with Crippen molar-refractivity contribution in [1.29, 1.82) is 0 Å². The Balaban J connectivity index is 1.71. The Kier molecular flexibility index (Phi) is 6.74. The Morgan fingerprint density at radius 3 is 2.69 bits per heavy atom. The molecule has 0 amide bonds. The first-order chi connectivity index (χ1) is 15.5. The normalized spacial score (nSPS) is 23.1. The summed E-state index contributed by atoms with van der Waals surface area (Å²) in [6.45, 7) is 0.0108. The number of rotatable bonds is 8. The predicted molar refractivity (Wildman–Crippen MR) is 114 cm³/mol. The quantitative estimate of drug-likeness (QED) is 0.361. The predicted octanol–water partition coefficient (Wildman–Crippen LogP) is 0.0987. The Labute approximate surface area is 188 Å². The highest BCUT2D eigenvalue weighted by Gasteiger charge is 2.44. The molecule has 3 heterocycles. The molecule has 0 spiro atoms. The third kappa shape index (κ3) is 4.10. The molecule has 0 aliphatic carbocycles. The molecule has 1 aromatic carbocycles. The fourth-order valence-corrected chi connectivity index (χ4v) is 4.02. The van der Waals surface area contributed by atoms with Crippen LogP contribution in [0.15, 0.2) is 30.9 Å². The number of ether oxygens (including phenoxy) is 2. The SMILES string of the molecule is COc1ccc(Cl)cc1CN(CCO)c1ncnc2c1ncn2[C@@H]1O[C@H](CO)[C@@H](O)[C@H]1O. The lowest BCUT2D eigenvalue weighted by Gasteiger charge is -2.24. The van der Waals surface area contributed by atoms with Crippen LogP contribution in [-0.2, 0) is 11.3 Å². The van der Waals surface area contributed by atoms with Crippen molar-refractivity contribution in [2.45, 2.75) is 31.1 Å². The summed E-state index contributed by atoms with van der Waals surface area (Å²) >= 11 is 6.16. The molecule has 1 fully saturated rings. The van der Waals surface area contributed by atoms with Gasteiger partial charge in [0.05, 0.1) is 26.7 Å². The largest absolute Gasteiger partial charge is 0.496 e. The van der Waals surface area contributed by atoms with Crippen molar-refractivity contribution < 1.29 is 29.9 Å². The van der Waals surface area contributed by atoms with Crippen LogP contribution in [0.1, 0.15) is 11.8 Å². The molecule has 12 heteroatoms. The minimum Gasteiger partial charge on any atom is -0.496 e. The molecule has 2 aromatic heterocycles. The number of hydrogen-bond donors (Lipinski definition) is 4. The Morgan fingerprint density at radius 2 is 2.00 bits per heavy atom. The molecule has 1 aliphatic rings. The average molecular weight is 466 g/mol. The number of imidazole rings is 1. The zero-order chi connectivity index (χ0) is 22.8. The lowest BCUT2D eigenvalue weighted by molar-refractivity contribution is -0.0511. The summed E-state index contributed by atoms with van der Waals surface area (Å²) in [5.74, 6) is 1.09.